The largest absolute Gasteiger partial charge is 0.469 e. The number of fused-ring (bicyclic) bond motifs is 5. The van der Waals surface area contributed by atoms with Crippen molar-refractivity contribution in [2.45, 2.75) is 98.2 Å². The van der Waals surface area contributed by atoms with Crippen LogP contribution in [-0.4, -0.2) is 43.0 Å². The fourth-order valence-corrected chi connectivity index (χ4v) is 8.49. The Morgan fingerprint density at radius 1 is 1.06 bits per heavy atom. The van der Waals surface area contributed by atoms with E-state index in [1.807, 2.05) is 6.08 Å². The third kappa shape index (κ3) is 4.51. The molecule has 7 heteroatoms. The van der Waals surface area contributed by atoms with Crippen molar-refractivity contribution in [3.8, 4) is 0 Å². The molecule has 0 spiro atoms. The lowest BCUT2D eigenvalue weighted by Gasteiger charge is -2.58. The third-order valence-corrected chi connectivity index (χ3v) is 10.3. The first kappa shape index (κ1) is 26.9. The predicted octanol–water partition coefficient (Wildman–Crippen LogP) is 4.81. The van der Waals surface area contributed by atoms with E-state index in [1.54, 1.807) is 0 Å². The van der Waals surface area contributed by atoms with Gasteiger partial charge in [0.05, 0.1) is 7.11 Å². The molecule has 200 valence electrons. The SMILES string of the molecule is COC(=O)CC[C@@H](C)[C@H]1CCC2C3C(=CC(=O)[C@@]21C)[C@@]1(C)CC[C@@H](OC(C)=O)C[C@H]1C[C@H]3OC(C)=O. The molecule has 4 aliphatic carbocycles. The van der Waals surface area contributed by atoms with Gasteiger partial charge in [-0.1, -0.05) is 26.3 Å². The van der Waals surface area contributed by atoms with Gasteiger partial charge in [-0.2, -0.15) is 0 Å². The Bertz CT molecular complexity index is 953. The summed E-state index contributed by atoms with van der Waals surface area (Å²) in [6, 6.07) is 0. The zero-order chi connectivity index (χ0) is 26.4. The zero-order valence-electron chi connectivity index (χ0n) is 22.6. The zero-order valence-corrected chi connectivity index (χ0v) is 22.6. The highest BCUT2D eigenvalue weighted by molar-refractivity contribution is 5.97. The van der Waals surface area contributed by atoms with E-state index >= 15 is 0 Å². The van der Waals surface area contributed by atoms with Crippen molar-refractivity contribution >= 4 is 23.7 Å². The number of rotatable bonds is 6. The lowest BCUT2D eigenvalue weighted by molar-refractivity contribution is -0.162. The molecule has 0 aromatic heterocycles. The van der Waals surface area contributed by atoms with Crippen molar-refractivity contribution in [1.82, 2.24) is 0 Å². The molecule has 3 saturated carbocycles. The van der Waals surface area contributed by atoms with E-state index < -0.39 is 5.41 Å². The summed E-state index contributed by atoms with van der Waals surface area (Å²) in [6.45, 7) is 9.41. The average Bonchev–Trinajstić information content (AvgIpc) is 3.16. The summed E-state index contributed by atoms with van der Waals surface area (Å²) < 4.78 is 16.4. The summed E-state index contributed by atoms with van der Waals surface area (Å²) in [4.78, 5) is 49.5. The smallest absolute Gasteiger partial charge is 0.305 e. The van der Waals surface area contributed by atoms with E-state index in [0.717, 1.165) is 44.1 Å². The molecular weight excluding hydrogens is 460 g/mol. The van der Waals surface area contributed by atoms with Crippen molar-refractivity contribution in [1.29, 1.82) is 0 Å². The van der Waals surface area contributed by atoms with E-state index in [1.165, 1.54) is 21.0 Å². The van der Waals surface area contributed by atoms with E-state index in [4.69, 9.17) is 14.2 Å². The molecule has 7 nitrogen and oxygen atoms in total. The molecule has 3 fully saturated rings. The summed E-state index contributed by atoms with van der Waals surface area (Å²) in [5.41, 5.74) is 0.422. The molecule has 0 heterocycles. The molecule has 4 rings (SSSR count). The van der Waals surface area contributed by atoms with Crippen molar-refractivity contribution in [3.05, 3.63) is 11.6 Å². The molecule has 0 amide bonds. The highest BCUT2D eigenvalue weighted by atomic mass is 16.5. The van der Waals surface area contributed by atoms with Gasteiger partial charge in [-0.15, -0.1) is 0 Å². The van der Waals surface area contributed by atoms with Crippen LogP contribution in [0.1, 0.15) is 86.0 Å². The van der Waals surface area contributed by atoms with Gasteiger partial charge in [-0.25, -0.2) is 0 Å². The standard InChI is InChI=1S/C29H42O7/c1-16(7-10-26(33)34-6)21-8-9-22-27-23(15-25(32)29(21,22)5)28(4)12-11-20(35-17(2)30)13-19(28)14-24(27)36-18(3)31/h15-16,19-22,24,27H,7-14H2,1-6H3/t16-,19+,20-,21-,22?,24-,27?,28+,29-/m1/s1. The van der Waals surface area contributed by atoms with Gasteiger partial charge in [0.15, 0.2) is 5.78 Å². The maximum Gasteiger partial charge on any atom is 0.305 e. The molecule has 0 saturated heterocycles. The Labute approximate surface area is 214 Å². The minimum atomic E-state index is -0.541. The van der Waals surface area contributed by atoms with Crippen LogP contribution >= 0.6 is 0 Å². The summed E-state index contributed by atoms with van der Waals surface area (Å²) >= 11 is 0. The van der Waals surface area contributed by atoms with Gasteiger partial charge in [0, 0.05) is 31.6 Å². The number of carbonyl (C=O) groups excluding carboxylic acids is 4. The number of methoxy groups -OCH3 is 1. The fraction of sp³-hybridized carbons (Fsp3) is 0.793. The van der Waals surface area contributed by atoms with Crippen LogP contribution in [0, 0.1) is 40.4 Å². The van der Waals surface area contributed by atoms with Gasteiger partial charge < -0.3 is 14.2 Å². The van der Waals surface area contributed by atoms with Gasteiger partial charge in [-0.3, -0.25) is 19.2 Å². The van der Waals surface area contributed by atoms with Gasteiger partial charge >= 0.3 is 17.9 Å². The van der Waals surface area contributed by atoms with Gasteiger partial charge in [0.1, 0.15) is 12.2 Å². The van der Waals surface area contributed by atoms with Crippen molar-refractivity contribution in [2.75, 3.05) is 7.11 Å². The van der Waals surface area contributed by atoms with Crippen LogP contribution in [-0.2, 0) is 33.4 Å². The number of allylic oxidation sites excluding steroid dienone is 1. The van der Waals surface area contributed by atoms with Crippen LogP contribution in [0.4, 0.5) is 0 Å². The maximum atomic E-state index is 14.0. The molecule has 0 aliphatic heterocycles. The Morgan fingerprint density at radius 2 is 1.75 bits per heavy atom. The quantitative estimate of drug-likeness (QED) is 0.380. The van der Waals surface area contributed by atoms with Gasteiger partial charge in [-0.05, 0) is 80.1 Å². The molecule has 9 atom stereocenters. The number of hydrogen-bond acceptors (Lipinski definition) is 7. The van der Waals surface area contributed by atoms with Gasteiger partial charge in [0.2, 0.25) is 0 Å². The van der Waals surface area contributed by atoms with Crippen LogP contribution < -0.4 is 0 Å². The van der Waals surface area contributed by atoms with Crippen molar-refractivity contribution in [2.24, 2.45) is 40.4 Å². The molecule has 0 bridgehead atoms. The lowest BCUT2D eigenvalue weighted by atomic mass is 9.47. The van der Waals surface area contributed by atoms with E-state index in [2.05, 4.69) is 20.8 Å². The third-order valence-electron chi connectivity index (χ3n) is 10.3. The van der Waals surface area contributed by atoms with Crippen LogP contribution in [0.15, 0.2) is 11.6 Å². The second-order valence-corrected chi connectivity index (χ2v) is 12.2. The summed E-state index contributed by atoms with van der Waals surface area (Å²) in [7, 11) is 1.41. The van der Waals surface area contributed by atoms with E-state index in [-0.39, 0.29) is 70.9 Å². The molecular formula is C29H42O7. The Hall–Kier alpha value is -2.18. The summed E-state index contributed by atoms with van der Waals surface area (Å²) in [5.74, 6) is 0.0587. The number of ketones is 1. The van der Waals surface area contributed by atoms with Crippen molar-refractivity contribution < 1.29 is 33.4 Å². The maximum absolute atomic E-state index is 14.0. The van der Waals surface area contributed by atoms with Gasteiger partial charge in [0.25, 0.3) is 0 Å². The molecule has 4 aliphatic rings. The second-order valence-electron chi connectivity index (χ2n) is 12.2. The Morgan fingerprint density at radius 3 is 2.39 bits per heavy atom. The highest BCUT2D eigenvalue weighted by Gasteiger charge is 2.64. The first-order chi connectivity index (χ1) is 16.9. The average molecular weight is 503 g/mol. The number of ether oxygens (including phenoxy) is 3. The van der Waals surface area contributed by atoms with Crippen LogP contribution in [0.25, 0.3) is 0 Å². The fourth-order valence-electron chi connectivity index (χ4n) is 8.49. The molecule has 0 radical (unpaired) electrons. The lowest BCUT2D eigenvalue weighted by Crippen LogP contribution is -2.57. The predicted molar refractivity (Wildman–Crippen MR) is 132 cm³/mol. The highest BCUT2D eigenvalue weighted by Crippen LogP contribution is 2.66. The second kappa shape index (κ2) is 9.94. The first-order valence-electron chi connectivity index (χ1n) is 13.6. The molecule has 0 N–H and O–H groups in total. The first-order valence-corrected chi connectivity index (χ1v) is 13.6. The Kier molecular flexibility index (Phi) is 7.42. The summed E-state index contributed by atoms with van der Waals surface area (Å²) in [5, 5.41) is 0. The van der Waals surface area contributed by atoms with E-state index in [9.17, 15) is 19.2 Å². The number of esters is 3. The monoisotopic (exact) mass is 502 g/mol. The molecule has 0 aromatic rings. The van der Waals surface area contributed by atoms with Crippen LogP contribution in [0.5, 0.6) is 0 Å². The van der Waals surface area contributed by atoms with E-state index in [0.29, 0.717) is 12.8 Å². The number of hydrogen-bond donors (Lipinski definition) is 0. The molecule has 0 aromatic carbocycles. The topological polar surface area (TPSA) is 96.0 Å². The number of carbonyl (C=O) groups is 4. The minimum absolute atomic E-state index is 0.0148. The minimum Gasteiger partial charge on any atom is -0.469 e. The normalized spacial score (nSPS) is 40.2. The summed E-state index contributed by atoms with van der Waals surface area (Å²) in [6.07, 6.45) is 7.43. The van der Waals surface area contributed by atoms with Crippen molar-refractivity contribution in [3.63, 3.8) is 0 Å². The molecule has 36 heavy (non-hydrogen) atoms. The molecule has 2 unspecified atom stereocenters. The van der Waals surface area contributed by atoms with Crippen LogP contribution in [0.2, 0.25) is 0 Å². The van der Waals surface area contributed by atoms with Crippen LogP contribution in [0.3, 0.4) is 0 Å². The Balaban J connectivity index is 1.67.